The number of halogens is 1. The molecule has 39 heavy (non-hydrogen) atoms. The number of allylic oxidation sites excluding steroid dienone is 2. The number of nitrogens with zero attached hydrogens (tertiary/aromatic N) is 1. The summed E-state index contributed by atoms with van der Waals surface area (Å²) in [5.41, 5.74) is 6.70. The van der Waals surface area contributed by atoms with Crippen LogP contribution in [-0.4, -0.2) is 18.4 Å². The van der Waals surface area contributed by atoms with Gasteiger partial charge in [-0.3, -0.25) is 4.79 Å². The maximum Gasteiger partial charge on any atom is 0.173 e. The highest BCUT2D eigenvalue weighted by molar-refractivity contribution is 9.10. The smallest absolute Gasteiger partial charge is 0.173 e. The number of hydrogen-bond donors (Lipinski definition) is 0. The molecule has 3 heteroatoms. The Hall–Kier alpha value is -3.69. The molecule has 2 nitrogen and oxygen atoms in total. The third-order valence-corrected chi connectivity index (χ3v) is 9.58. The second kappa shape index (κ2) is 9.81. The first-order chi connectivity index (χ1) is 18.9. The van der Waals surface area contributed by atoms with Gasteiger partial charge < -0.3 is 4.90 Å². The van der Waals surface area contributed by atoms with Crippen molar-refractivity contribution in [3.05, 3.63) is 148 Å². The minimum absolute atomic E-state index is 0.146. The molecule has 4 aromatic rings. The minimum atomic E-state index is -0.624. The highest BCUT2D eigenvalue weighted by atomic mass is 79.9. The van der Waals surface area contributed by atoms with Crippen molar-refractivity contribution < 1.29 is 4.79 Å². The summed E-state index contributed by atoms with van der Waals surface area (Å²) in [7, 11) is 2.18. The van der Waals surface area contributed by atoms with Gasteiger partial charge in [0, 0.05) is 28.2 Å². The summed E-state index contributed by atoms with van der Waals surface area (Å²) in [5.74, 6) is -0.275. The van der Waals surface area contributed by atoms with Crippen molar-refractivity contribution in [2.24, 2.45) is 5.92 Å². The van der Waals surface area contributed by atoms with Crippen LogP contribution in [-0.2, 0) is 5.41 Å². The van der Waals surface area contributed by atoms with Gasteiger partial charge in [0.05, 0.1) is 11.5 Å². The van der Waals surface area contributed by atoms with Crippen molar-refractivity contribution >= 4 is 38.5 Å². The standard InChI is InChI=1S/C36H32BrNO/c1-4-35(2)31-17-11-12-18-32(31)38(3)36(35)24-28(25-13-7-5-8-14-25)23-30(26-19-21-29(37)22-20-26)33(36)34(39)27-15-9-6-10-16-27/h5-24,33H,4H2,1-3H3. The number of ketones is 1. The highest BCUT2D eigenvalue weighted by Crippen LogP contribution is 2.61. The van der Waals surface area contributed by atoms with Crippen LogP contribution < -0.4 is 4.90 Å². The summed E-state index contributed by atoms with van der Waals surface area (Å²) in [6.07, 6.45) is 5.54. The van der Waals surface area contributed by atoms with E-state index in [2.05, 4.69) is 133 Å². The predicted molar refractivity (Wildman–Crippen MR) is 166 cm³/mol. The third kappa shape index (κ3) is 3.86. The van der Waals surface area contributed by atoms with Gasteiger partial charge in [-0.1, -0.05) is 121 Å². The van der Waals surface area contributed by atoms with E-state index >= 15 is 0 Å². The number of carbonyl (C=O) groups excluding carboxylic acids is 1. The summed E-state index contributed by atoms with van der Waals surface area (Å²) >= 11 is 3.61. The van der Waals surface area contributed by atoms with Gasteiger partial charge in [-0.25, -0.2) is 0 Å². The van der Waals surface area contributed by atoms with Crippen LogP contribution in [0.5, 0.6) is 0 Å². The van der Waals surface area contributed by atoms with Gasteiger partial charge in [0.15, 0.2) is 5.78 Å². The lowest BCUT2D eigenvalue weighted by Crippen LogP contribution is -2.62. The Morgan fingerprint density at radius 2 is 1.44 bits per heavy atom. The van der Waals surface area contributed by atoms with Gasteiger partial charge in [0.25, 0.3) is 0 Å². The van der Waals surface area contributed by atoms with Gasteiger partial charge >= 0.3 is 0 Å². The Morgan fingerprint density at radius 1 is 0.821 bits per heavy atom. The molecule has 0 N–H and O–H groups in total. The molecule has 0 fully saturated rings. The quantitative estimate of drug-likeness (QED) is 0.222. The zero-order valence-electron chi connectivity index (χ0n) is 22.6. The Balaban J connectivity index is 1.70. The molecule has 2 aliphatic rings. The van der Waals surface area contributed by atoms with Crippen LogP contribution >= 0.6 is 15.9 Å². The summed E-state index contributed by atoms with van der Waals surface area (Å²) in [5, 5.41) is 0. The fraction of sp³-hybridized carbons (Fsp3) is 0.194. The zero-order chi connectivity index (χ0) is 27.2. The number of Topliss-reactive ketones (excluding diaryl/α,β-unsaturated/α-hetero) is 1. The molecule has 0 radical (unpaired) electrons. The molecular weight excluding hydrogens is 542 g/mol. The average Bonchev–Trinajstić information content (AvgIpc) is 3.17. The van der Waals surface area contributed by atoms with E-state index in [1.54, 1.807) is 0 Å². The van der Waals surface area contributed by atoms with Crippen LogP contribution in [0.25, 0.3) is 11.1 Å². The average molecular weight is 575 g/mol. The first kappa shape index (κ1) is 25.6. The van der Waals surface area contributed by atoms with E-state index in [4.69, 9.17) is 0 Å². The molecule has 0 saturated heterocycles. The molecule has 6 rings (SSSR count). The number of rotatable bonds is 5. The van der Waals surface area contributed by atoms with E-state index in [0.717, 1.165) is 38.7 Å². The van der Waals surface area contributed by atoms with E-state index < -0.39 is 11.5 Å². The fourth-order valence-corrected chi connectivity index (χ4v) is 7.17. The first-order valence-electron chi connectivity index (χ1n) is 13.6. The largest absolute Gasteiger partial charge is 0.363 e. The zero-order valence-corrected chi connectivity index (χ0v) is 24.2. The van der Waals surface area contributed by atoms with Crippen LogP contribution in [0.4, 0.5) is 5.69 Å². The van der Waals surface area contributed by atoms with E-state index in [0.29, 0.717) is 0 Å². The van der Waals surface area contributed by atoms with Gasteiger partial charge in [-0.2, -0.15) is 0 Å². The van der Waals surface area contributed by atoms with Crippen LogP contribution in [0.3, 0.4) is 0 Å². The second-order valence-electron chi connectivity index (χ2n) is 10.8. The van der Waals surface area contributed by atoms with Gasteiger partial charge in [0.1, 0.15) is 0 Å². The minimum Gasteiger partial charge on any atom is -0.363 e. The van der Waals surface area contributed by atoms with Crippen LogP contribution in [0.1, 0.15) is 47.3 Å². The normalized spacial score (nSPS) is 23.8. The second-order valence-corrected chi connectivity index (χ2v) is 11.7. The summed E-state index contributed by atoms with van der Waals surface area (Å²) < 4.78 is 1.02. The lowest BCUT2D eigenvalue weighted by atomic mass is 9.55. The van der Waals surface area contributed by atoms with E-state index in [9.17, 15) is 4.79 Å². The van der Waals surface area contributed by atoms with Crippen molar-refractivity contribution in [1.29, 1.82) is 0 Å². The van der Waals surface area contributed by atoms with Gasteiger partial charge in [-0.15, -0.1) is 0 Å². The number of fused-ring (bicyclic) bond motifs is 1. The van der Waals surface area contributed by atoms with Gasteiger partial charge in [-0.05, 0) is 64.6 Å². The Kier molecular flexibility index (Phi) is 6.43. The number of para-hydroxylation sites is 1. The molecule has 3 atom stereocenters. The Labute approximate surface area is 239 Å². The summed E-state index contributed by atoms with van der Waals surface area (Å²) in [6.45, 7) is 4.61. The molecule has 1 aliphatic carbocycles. The molecule has 0 amide bonds. The number of likely N-dealkylation sites (N-methyl/N-ethyl adjacent to an activating group) is 1. The van der Waals surface area contributed by atoms with Crippen LogP contribution in [0.2, 0.25) is 0 Å². The molecule has 0 bridgehead atoms. The monoisotopic (exact) mass is 573 g/mol. The van der Waals surface area contributed by atoms with Crippen molar-refractivity contribution in [3.8, 4) is 0 Å². The molecular formula is C36H32BrNO. The number of hydrogen-bond acceptors (Lipinski definition) is 2. The van der Waals surface area contributed by atoms with Crippen molar-refractivity contribution in [1.82, 2.24) is 0 Å². The summed E-state index contributed by atoms with van der Waals surface area (Å²) in [6, 6.07) is 37.5. The Bertz CT molecular complexity index is 1590. The van der Waals surface area contributed by atoms with Crippen molar-refractivity contribution in [3.63, 3.8) is 0 Å². The third-order valence-electron chi connectivity index (χ3n) is 9.05. The molecule has 1 spiro atoms. The SMILES string of the molecule is CCC1(C)c2ccccc2N(C)C12C=C(c1ccccc1)C=C(c1ccc(Br)cc1)C2C(=O)c1ccccc1. The predicted octanol–water partition coefficient (Wildman–Crippen LogP) is 8.99. The number of benzene rings is 4. The van der Waals surface area contributed by atoms with E-state index in [1.165, 1.54) is 11.3 Å². The van der Waals surface area contributed by atoms with Crippen molar-refractivity contribution in [2.75, 3.05) is 11.9 Å². The van der Waals surface area contributed by atoms with Crippen molar-refractivity contribution in [2.45, 2.75) is 31.2 Å². The maximum atomic E-state index is 14.8. The molecule has 0 saturated carbocycles. The van der Waals surface area contributed by atoms with Crippen LogP contribution in [0.15, 0.2) is 126 Å². The van der Waals surface area contributed by atoms with Gasteiger partial charge in [0.2, 0.25) is 0 Å². The maximum absolute atomic E-state index is 14.8. The lowest BCUT2D eigenvalue weighted by molar-refractivity contribution is 0.0877. The molecule has 4 aromatic carbocycles. The molecule has 3 unspecified atom stereocenters. The first-order valence-corrected chi connectivity index (χ1v) is 14.4. The molecule has 1 aliphatic heterocycles. The van der Waals surface area contributed by atoms with E-state index in [-0.39, 0.29) is 11.2 Å². The number of anilines is 1. The fourth-order valence-electron chi connectivity index (χ4n) is 6.91. The van der Waals surface area contributed by atoms with Crippen LogP contribution in [0, 0.1) is 5.92 Å². The van der Waals surface area contributed by atoms with E-state index in [1.807, 2.05) is 30.3 Å². The highest BCUT2D eigenvalue weighted by Gasteiger charge is 2.63. The number of carbonyl (C=O) groups is 1. The Morgan fingerprint density at radius 3 is 2.10 bits per heavy atom. The molecule has 194 valence electrons. The molecule has 0 aromatic heterocycles. The topological polar surface area (TPSA) is 20.3 Å². The lowest BCUT2D eigenvalue weighted by Gasteiger charge is -2.53. The summed E-state index contributed by atoms with van der Waals surface area (Å²) in [4.78, 5) is 17.2. The molecule has 1 heterocycles.